The third kappa shape index (κ3) is 4.07. The minimum absolute atomic E-state index is 0.0903. The molecule has 0 bridgehead atoms. The van der Waals surface area contributed by atoms with Crippen molar-refractivity contribution in [3.05, 3.63) is 60.2 Å². The van der Waals surface area contributed by atoms with E-state index in [0.29, 0.717) is 12.0 Å². The number of anilines is 1. The molecule has 1 N–H and O–H groups in total. The Balaban J connectivity index is 1.28. The summed E-state index contributed by atoms with van der Waals surface area (Å²) in [6, 6.07) is 18.1. The molecule has 1 aliphatic carbocycles. The lowest BCUT2D eigenvalue weighted by molar-refractivity contribution is -0.117. The fraction of sp³-hybridized carbons (Fsp3) is 0.409. The van der Waals surface area contributed by atoms with Crippen LogP contribution in [0, 0.1) is 5.92 Å². The van der Waals surface area contributed by atoms with Gasteiger partial charge in [0.15, 0.2) is 0 Å². The number of ether oxygens (including phenoxy) is 1. The van der Waals surface area contributed by atoms with Gasteiger partial charge in [0.1, 0.15) is 11.9 Å². The molecule has 4 nitrogen and oxygen atoms in total. The summed E-state index contributed by atoms with van der Waals surface area (Å²) in [6.45, 7) is 2.17. The van der Waals surface area contributed by atoms with E-state index in [-0.39, 0.29) is 11.8 Å². The zero-order valence-electron chi connectivity index (χ0n) is 15.2. The Morgan fingerprint density at radius 3 is 2.42 bits per heavy atom. The normalized spacial score (nSPS) is 23.4. The zero-order chi connectivity index (χ0) is 17.9. The minimum Gasteiger partial charge on any atom is -0.490 e. The van der Waals surface area contributed by atoms with Crippen LogP contribution in [0.2, 0.25) is 0 Å². The minimum atomic E-state index is 0.0903. The van der Waals surface area contributed by atoms with E-state index >= 15 is 0 Å². The predicted octanol–water partition coefficient (Wildman–Crippen LogP) is 3.90. The highest BCUT2D eigenvalue weighted by molar-refractivity contribution is 5.95. The fourth-order valence-corrected chi connectivity index (χ4v) is 3.70. The Hall–Kier alpha value is -2.33. The number of piperidine rings is 1. The van der Waals surface area contributed by atoms with Gasteiger partial charge in [-0.2, -0.15) is 0 Å². The first-order chi connectivity index (χ1) is 12.7. The van der Waals surface area contributed by atoms with Gasteiger partial charge < -0.3 is 15.0 Å². The lowest BCUT2D eigenvalue weighted by Crippen LogP contribution is -2.35. The molecule has 2 fully saturated rings. The number of amides is 1. The molecule has 4 rings (SSSR count). The van der Waals surface area contributed by atoms with E-state index in [4.69, 9.17) is 4.74 Å². The molecule has 136 valence electrons. The van der Waals surface area contributed by atoms with Crippen LogP contribution >= 0.6 is 0 Å². The summed E-state index contributed by atoms with van der Waals surface area (Å²) in [5.41, 5.74) is 2.10. The molecule has 26 heavy (non-hydrogen) atoms. The van der Waals surface area contributed by atoms with Crippen LogP contribution in [0.3, 0.4) is 0 Å². The Morgan fingerprint density at radius 1 is 1.04 bits per heavy atom. The first-order valence-electron chi connectivity index (χ1n) is 9.50. The highest BCUT2D eigenvalue weighted by Crippen LogP contribution is 2.47. The molecular formula is C22H26N2O2. The smallest absolute Gasteiger partial charge is 0.228 e. The monoisotopic (exact) mass is 350 g/mol. The average Bonchev–Trinajstić information content (AvgIpc) is 3.47. The van der Waals surface area contributed by atoms with Crippen molar-refractivity contribution >= 4 is 11.6 Å². The van der Waals surface area contributed by atoms with Crippen molar-refractivity contribution in [1.29, 1.82) is 0 Å². The number of likely N-dealkylation sites (tertiary alicyclic amines) is 1. The standard InChI is InChI=1S/C22H26N2O2/c1-24-13-11-19(12-14-24)26-18-9-7-17(8-10-18)23-22(25)21-15-20(21)16-5-3-2-4-6-16/h2-10,19-21H,11-15H2,1H3,(H,23,25)/t20-,21+/m0/s1. The van der Waals surface area contributed by atoms with Crippen LogP contribution in [0.4, 0.5) is 5.69 Å². The van der Waals surface area contributed by atoms with Crippen molar-refractivity contribution in [3.8, 4) is 5.75 Å². The van der Waals surface area contributed by atoms with Crippen molar-refractivity contribution in [2.45, 2.75) is 31.3 Å². The molecular weight excluding hydrogens is 324 g/mol. The second-order valence-electron chi connectivity index (χ2n) is 7.49. The van der Waals surface area contributed by atoms with Crippen LogP contribution in [0.5, 0.6) is 5.75 Å². The molecule has 2 aromatic carbocycles. The van der Waals surface area contributed by atoms with Gasteiger partial charge in [0.2, 0.25) is 5.91 Å². The highest BCUT2D eigenvalue weighted by atomic mass is 16.5. The summed E-state index contributed by atoms with van der Waals surface area (Å²) >= 11 is 0. The second kappa shape index (κ2) is 7.50. The quantitative estimate of drug-likeness (QED) is 0.889. The van der Waals surface area contributed by atoms with E-state index in [2.05, 4.69) is 29.4 Å². The number of hydrogen-bond donors (Lipinski definition) is 1. The maximum atomic E-state index is 12.4. The first kappa shape index (κ1) is 17.1. The summed E-state index contributed by atoms with van der Waals surface area (Å²) in [7, 11) is 2.15. The van der Waals surface area contributed by atoms with Gasteiger partial charge in [-0.05, 0) is 62.1 Å². The Morgan fingerprint density at radius 2 is 1.73 bits per heavy atom. The number of hydrogen-bond acceptors (Lipinski definition) is 3. The third-order valence-corrected chi connectivity index (χ3v) is 5.45. The lowest BCUT2D eigenvalue weighted by atomic mass is 10.1. The summed E-state index contributed by atoms with van der Waals surface area (Å²) in [5, 5.41) is 3.04. The molecule has 0 unspecified atom stereocenters. The number of nitrogens with zero attached hydrogens (tertiary/aromatic N) is 1. The number of benzene rings is 2. The van der Waals surface area contributed by atoms with E-state index in [1.807, 2.05) is 42.5 Å². The van der Waals surface area contributed by atoms with Crippen LogP contribution < -0.4 is 10.1 Å². The van der Waals surface area contributed by atoms with Gasteiger partial charge in [-0.3, -0.25) is 4.79 Å². The van der Waals surface area contributed by atoms with Crippen molar-refractivity contribution < 1.29 is 9.53 Å². The molecule has 1 heterocycles. The summed E-state index contributed by atoms with van der Waals surface area (Å²) < 4.78 is 6.06. The summed E-state index contributed by atoms with van der Waals surface area (Å²) in [5.74, 6) is 1.45. The third-order valence-electron chi connectivity index (χ3n) is 5.45. The first-order valence-corrected chi connectivity index (χ1v) is 9.50. The Bertz CT molecular complexity index is 736. The highest BCUT2D eigenvalue weighted by Gasteiger charge is 2.43. The van der Waals surface area contributed by atoms with E-state index in [0.717, 1.165) is 43.8 Å². The van der Waals surface area contributed by atoms with Crippen LogP contribution in [0.1, 0.15) is 30.7 Å². The maximum absolute atomic E-state index is 12.4. The topological polar surface area (TPSA) is 41.6 Å². The lowest BCUT2D eigenvalue weighted by Gasteiger charge is -2.29. The van der Waals surface area contributed by atoms with Crippen LogP contribution in [0.15, 0.2) is 54.6 Å². The Kier molecular flexibility index (Phi) is 4.93. The number of nitrogens with one attached hydrogen (secondary N) is 1. The van der Waals surface area contributed by atoms with E-state index in [9.17, 15) is 4.79 Å². The molecule has 1 saturated heterocycles. The van der Waals surface area contributed by atoms with Gasteiger partial charge >= 0.3 is 0 Å². The molecule has 2 aromatic rings. The Labute approximate surface area is 155 Å². The number of carbonyl (C=O) groups excluding carboxylic acids is 1. The molecule has 1 amide bonds. The summed E-state index contributed by atoms with van der Waals surface area (Å²) in [4.78, 5) is 14.8. The summed E-state index contributed by atoms with van der Waals surface area (Å²) in [6.07, 6.45) is 3.37. The van der Waals surface area contributed by atoms with E-state index in [1.165, 1.54) is 5.56 Å². The van der Waals surface area contributed by atoms with Gasteiger partial charge in [-0.1, -0.05) is 30.3 Å². The van der Waals surface area contributed by atoms with Gasteiger partial charge in [0.25, 0.3) is 0 Å². The molecule has 4 heteroatoms. The molecule has 0 spiro atoms. The molecule has 1 aliphatic heterocycles. The molecule has 0 radical (unpaired) electrons. The molecule has 2 aliphatic rings. The van der Waals surface area contributed by atoms with Crippen LogP contribution in [-0.2, 0) is 4.79 Å². The zero-order valence-corrected chi connectivity index (χ0v) is 15.2. The van der Waals surface area contributed by atoms with Crippen molar-refractivity contribution in [2.75, 3.05) is 25.5 Å². The van der Waals surface area contributed by atoms with E-state index in [1.54, 1.807) is 0 Å². The van der Waals surface area contributed by atoms with E-state index < -0.39 is 0 Å². The fourth-order valence-electron chi connectivity index (χ4n) is 3.70. The largest absolute Gasteiger partial charge is 0.490 e. The SMILES string of the molecule is CN1CCC(Oc2ccc(NC(=O)[C@@H]3C[C@H]3c3ccccc3)cc2)CC1. The molecule has 0 aromatic heterocycles. The predicted molar refractivity (Wildman–Crippen MR) is 104 cm³/mol. The molecule has 2 atom stereocenters. The van der Waals surface area contributed by atoms with Gasteiger partial charge in [-0.15, -0.1) is 0 Å². The average molecular weight is 350 g/mol. The van der Waals surface area contributed by atoms with Gasteiger partial charge in [-0.25, -0.2) is 0 Å². The van der Waals surface area contributed by atoms with Crippen LogP contribution in [-0.4, -0.2) is 37.0 Å². The van der Waals surface area contributed by atoms with Gasteiger partial charge in [0.05, 0.1) is 0 Å². The van der Waals surface area contributed by atoms with Crippen molar-refractivity contribution in [2.24, 2.45) is 5.92 Å². The van der Waals surface area contributed by atoms with Crippen molar-refractivity contribution in [1.82, 2.24) is 4.90 Å². The second-order valence-corrected chi connectivity index (χ2v) is 7.49. The number of carbonyl (C=O) groups is 1. The maximum Gasteiger partial charge on any atom is 0.228 e. The van der Waals surface area contributed by atoms with Gasteiger partial charge in [0, 0.05) is 24.7 Å². The number of rotatable bonds is 5. The molecule has 1 saturated carbocycles. The van der Waals surface area contributed by atoms with Crippen molar-refractivity contribution in [3.63, 3.8) is 0 Å². The van der Waals surface area contributed by atoms with Crippen LogP contribution in [0.25, 0.3) is 0 Å².